The number of nitrogens with zero attached hydrogens (tertiary/aromatic N) is 3. The lowest BCUT2D eigenvalue weighted by Gasteiger charge is -2.20. The van der Waals surface area contributed by atoms with Gasteiger partial charge < -0.3 is 14.7 Å². The highest BCUT2D eigenvalue weighted by molar-refractivity contribution is 7.12. The molecule has 4 rings (SSSR count). The first-order valence-electron chi connectivity index (χ1n) is 10.4. The van der Waals surface area contributed by atoms with Crippen LogP contribution in [0.4, 0.5) is 11.4 Å². The number of nitrogens with one attached hydrogen (secondary N) is 1. The smallest absolute Gasteiger partial charge is 0.268 e. The fourth-order valence-corrected chi connectivity index (χ4v) is 3.88. The number of rotatable bonds is 5. The van der Waals surface area contributed by atoms with Gasteiger partial charge in [-0.1, -0.05) is 44.1 Å². The number of hydrogen-bond acceptors (Lipinski definition) is 6. The van der Waals surface area contributed by atoms with Gasteiger partial charge in [0.1, 0.15) is 0 Å². The molecule has 4 aromatic rings. The van der Waals surface area contributed by atoms with Gasteiger partial charge in [-0.2, -0.15) is 4.98 Å². The Bertz CT molecular complexity index is 1270. The molecule has 0 aliphatic heterocycles. The fraction of sp³-hybridized carbons (Fsp3) is 0.200. The van der Waals surface area contributed by atoms with Crippen molar-refractivity contribution >= 4 is 34.5 Å². The van der Waals surface area contributed by atoms with Gasteiger partial charge >= 0.3 is 0 Å². The van der Waals surface area contributed by atoms with E-state index in [1.165, 1.54) is 16.2 Å². The van der Waals surface area contributed by atoms with Gasteiger partial charge in [0.25, 0.3) is 11.8 Å². The van der Waals surface area contributed by atoms with E-state index in [9.17, 15) is 9.59 Å². The van der Waals surface area contributed by atoms with Crippen molar-refractivity contribution in [2.24, 2.45) is 0 Å². The Kier molecular flexibility index (Phi) is 6.11. The number of aromatic nitrogens is 2. The summed E-state index contributed by atoms with van der Waals surface area (Å²) in [7, 11) is 1.67. The topological polar surface area (TPSA) is 88.3 Å². The molecule has 0 bridgehead atoms. The number of thiophene rings is 1. The zero-order valence-corrected chi connectivity index (χ0v) is 19.6. The maximum Gasteiger partial charge on any atom is 0.268 e. The Morgan fingerprint density at radius 3 is 2.36 bits per heavy atom. The monoisotopic (exact) mass is 460 g/mol. The Morgan fingerprint density at radius 2 is 1.73 bits per heavy atom. The Hall–Kier alpha value is -3.78. The third kappa shape index (κ3) is 4.85. The van der Waals surface area contributed by atoms with Gasteiger partial charge in [-0.05, 0) is 47.8 Å². The predicted molar refractivity (Wildman–Crippen MR) is 130 cm³/mol. The van der Waals surface area contributed by atoms with E-state index < -0.39 is 0 Å². The molecule has 0 aliphatic carbocycles. The quantitative estimate of drug-likeness (QED) is 0.417. The molecule has 0 saturated heterocycles. The van der Waals surface area contributed by atoms with Crippen LogP contribution in [0.3, 0.4) is 0 Å². The normalized spacial score (nSPS) is 11.3. The van der Waals surface area contributed by atoms with Crippen LogP contribution < -0.4 is 10.2 Å². The Morgan fingerprint density at radius 1 is 1.00 bits per heavy atom. The summed E-state index contributed by atoms with van der Waals surface area (Å²) in [6, 6.07) is 17.8. The molecule has 33 heavy (non-hydrogen) atoms. The predicted octanol–water partition coefficient (Wildman–Crippen LogP) is 5.62. The van der Waals surface area contributed by atoms with Crippen molar-refractivity contribution in [2.75, 3.05) is 17.3 Å². The van der Waals surface area contributed by atoms with Crippen molar-refractivity contribution in [1.29, 1.82) is 0 Å². The molecule has 168 valence electrons. The first-order chi connectivity index (χ1) is 15.7. The Labute approximate surface area is 196 Å². The van der Waals surface area contributed by atoms with Crippen molar-refractivity contribution in [1.82, 2.24) is 10.1 Å². The van der Waals surface area contributed by atoms with Gasteiger partial charge in [-0.3, -0.25) is 9.59 Å². The highest BCUT2D eigenvalue weighted by atomic mass is 32.1. The summed E-state index contributed by atoms with van der Waals surface area (Å²) < 4.78 is 5.36. The second-order valence-electron chi connectivity index (χ2n) is 8.56. The van der Waals surface area contributed by atoms with Crippen LogP contribution in [-0.2, 0) is 5.41 Å². The van der Waals surface area contributed by atoms with Gasteiger partial charge in [0, 0.05) is 23.7 Å². The van der Waals surface area contributed by atoms with E-state index in [-0.39, 0.29) is 17.2 Å². The molecule has 2 heterocycles. The third-order valence-electron chi connectivity index (χ3n) is 5.02. The molecule has 2 aromatic heterocycles. The van der Waals surface area contributed by atoms with E-state index >= 15 is 0 Å². The van der Waals surface area contributed by atoms with Gasteiger partial charge in [0.2, 0.25) is 11.7 Å². The van der Waals surface area contributed by atoms with Gasteiger partial charge in [-0.15, -0.1) is 11.3 Å². The van der Waals surface area contributed by atoms with Crippen LogP contribution in [0.1, 0.15) is 46.7 Å². The summed E-state index contributed by atoms with van der Waals surface area (Å²) in [6.07, 6.45) is 0. The van der Waals surface area contributed by atoms with Crippen molar-refractivity contribution in [3.63, 3.8) is 0 Å². The number of para-hydroxylation sites is 1. The average Bonchev–Trinajstić information content (AvgIpc) is 3.51. The fourth-order valence-electron chi connectivity index (χ4n) is 3.18. The van der Waals surface area contributed by atoms with Crippen LogP contribution in [0.5, 0.6) is 0 Å². The van der Waals surface area contributed by atoms with Crippen molar-refractivity contribution in [3.05, 3.63) is 82.4 Å². The molecule has 8 heteroatoms. The minimum absolute atomic E-state index is 0.163. The third-order valence-corrected chi connectivity index (χ3v) is 5.87. The molecule has 0 spiro atoms. The van der Waals surface area contributed by atoms with Crippen LogP contribution in [-0.4, -0.2) is 29.0 Å². The molecule has 2 aromatic carbocycles. The van der Waals surface area contributed by atoms with Crippen LogP contribution in [0.25, 0.3) is 11.4 Å². The van der Waals surface area contributed by atoms with Gasteiger partial charge in [-0.25, -0.2) is 0 Å². The summed E-state index contributed by atoms with van der Waals surface area (Å²) in [4.78, 5) is 32.4. The molecule has 0 atom stereocenters. The van der Waals surface area contributed by atoms with Crippen LogP contribution in [0, 0.1) is 0 Å². The lowest BCUT2D eigenvalue weighted by atomic mass is 9.97. The van der Waals surface area contributed by atoms with E-state index in [1.54, 1.807) is 49.5 Å². The Balaban J connectivity index is 1.51. The maximum absolute atomic E-state index is 13.0. The average molecular weight is 461 g/mol. The van der Waals surface area contributed by atoms with E-state index in [0.29, 0.717) is 33.5 Å². The van der Waals surface area contributed by atoms with E-state index in [0.717, 1.165) is 5.56 Å². The van der Waals surface area contributed by atoms with E-state index in [2.05, 4.69) is 15.5 Å². The molecule has 1 N–H and O–H groups in total. The van der Waals surface area contributed by atoms with Crippen molar-refractivity contribution in [2.45, 2.75) is 26.2 Å². The first-order valence-corrected chi connectivity index (χ1v) is 11.3. The summed E-state index contributed by atoms with van der Waals surface area (Å²) in [5, 5.41) is 8.80. The van der Waals surface area contributed by atoms with Crippen LogP contribution in [0.2, 0.25) is 0 Å². The summed E-state index contributed by atoms with van der Waals surface area (Å²) in [5.41, 5.74) is 2.11. The summed E-state index contributed by atoms with van der Waals surface area (Å²) >= 11 is 1.36. The molecular weight excluding hydrogens is 436 g/mol. The van der Waals surface area contributed by atoms with Gasteiger partial charge in [0.15, 0.2) is 0 Å². The van der Waals surface area contributed by atoms with Crippen molar-refractivity contribution in [3.8, 4) is 11.4 Å². The lowest BCUT2D eigenvalue weighted by Crippen LogP contribution is -2.28. The standard InChI is InChI=1S/C25H24N4O3S/c1-25(2,3)24-27-21(28-32-24)16-11-13-17(14-12-16)26-22(30)18-8-5-6-9-19(18)29(4)23(31)20-10-7-15-33-20/h5-15H,1-4H3,(H,26,30). The van der Waals surface area contributed by atoms with E-state index in [4.69, 9.17) is 4.52 Å². The number of carbonyl (C=O) groups is 2. The SMILES string of the molecule is CN(C(=O)c1cccs1)c1ccccc1C(=O)Nc1ccc(-c2noc(C(C)(C)C)n2)cc1. The van der Waals surface area contributed by atoms with Crippen LogP contribution in [0.15, 0.2) is 70.6 Å². The molecule has 0 radical (unpaired) electrons. The summed E-state index contributed by atoms with van der Waals surface area (Å²) in [5.74, 6) is 0.590. The highest BCUT2D eigenvalue weighted by Crippen LogP contribution is 2.26. The number of carbonyl (C=O) groups excluding carboxylic acids is 2. The lowest BCUT2D eigenvalue weighted by molar-refractivity contribution is 0.0996. The molecule has 0 saturated carbocycles. The molecular formula is C25H24N4O3S. The number of hydrogen-bond donors (Lipinski definition) is 1. The second-order valence-corrected chi connectivity index (χ2v) is 9.51. The van der Waals surface area contributed by atoms with Gasteiger partial charge in [0.05, 0.1) is 16.1 Å². The molecule has 7 nitrogen and oxygen atoms in total. The van der Waals surface area contributed by atoms with E-state index in [1.807, 2.05) is 44.4 Å². The largest absolute Gasteiger partial charge is 0.338 e. The number of benzene rings is 2. The second kappa shape index (κ2) is 8.99. The molecule has 0 fully saturated rings. The zero-order valence-electron chi connectivity index (χ0n) is 18.8. The first kappa shape index (κ1) is 22.4. The molecule has 0 aliphatic rings. The highest BCUT2D eigenvalue weighted by Gasteiger charge is 2.23. The molecule has 2 amide bonds. The maximum atomic E-state index is 13.0. The van der Waals surface area contributed by atoms with Crippen molar-refractivity contribution < 1.29 is 14.1 Å². The number of anilines is 2. The zero-order chi connectivity index (χ0) is 23.6. The number of amides is 2. The molecule has 0 unspecified atom stereocenters. The summed E-state index contributed by atoms with van der Waals surface area (Å²) in [6.45, 7) is 6.02. The van der Waals surface area contributed by atoms with Crippen LogP contribution >= 0.6 is 11.3 Å². The minimum atomic E-state index is -0.307. The minimum Gasteiger partial charge on any atom is -0.338 e.